The summed E-state index contributed by atoms with van der Waals surface area (Å²) in [7, 11) is -2.93. The van der Waals surface area contributed by atoms with Crippen LogP contribution in [0.4, 0.5) is 5.69 Å². The van der Waals surface area contributed by atoms with E-state index in [9.17, 15) is 8.42 Å². The Bertz CT molecular complexity index is 518. The number of thioether (sulfide) groups is 1. The van der Waals surface area contributed by atoms with Crippen LogP contribution in [-0.4, -0.2) is 26.2 Å². The van der Waals surface area contributed by atoms with Crippen LogP contribution in [0.1, 0.15) is 5.56 Å². The lowest BCUT2D eigenvalue weighted by molar-refractivity contribution is 0.603. The second-order valence-electron chi connectivity index (χ2n) is 3.34. The van der Waals surface area contributed by atoms with E-state index in [4.69, 9.17) is 11.0 Å². The summed E-state index contributed by atoms with van der Waals surface area (Å²) in [6, 6.07) is 6.98. The zero-order chi connectivity index (χ0) is 12.2. The summed E-state index contributed by atoms with van der Waals surface area (Å²) >= 11 is 1.38. The number of benzene rings is 1. The molecule has 0 aliphatic heterocycles. The summed E-state index contributed by atoms with van der Waals surface area (Å²) in [6.45, 7) is 0. The Morgan fingerprint density at radius 2 is 2.19 bits per heavy atom. The van der Waals surface area contributed by atoms with Crippen molar-refractivity contribution in [3.63, 3.8) is 0 Å². The molecule has 2 N–H and O–H groups in total. The third-order valence-corrected chi connectivity index (χ3v) is 4.15. The minimum absolute atomic E-state index is 0.122. The molecule has 0 atom stereocenters. The zero-order valence-electron chi connectivity index (χ0n) is 8.80. The van der Waals surface area contributed by atoms with E-state index >= 15 is 0 Å². The number of nitrogens with zero attached hydrogens (tertiary/aromatic N) is 1. The van der Waals surface area contributed by atoms with Gasteiger partial charge in [0.2, 0.25) is 0 Å². The quantitative estimate of drug-likeness (QED) is 0.648. The summed E-state index contributed by atoms with van der Waals surface area (Å²) in [5.41, 5.74) is 6.74. The third-order valence-electron chi connectivity index (χ3n) is 1.85. The Morgan fingerprint density at radius 1 is 1.50 bits per heavy atom. The molecule has 16 heavy (non-hydrogen) atoms. The van der Waals surface area contributed by atoms with E-state index in [-0.39, 0.29) is 5.75 Å². The molecule has 0 fully saturated rings. The lowest BCUT2D eigenvalue weighted by Gasteiger charge is -2.04. The van der Waals surface area contributed by atoms with Gasteiger partial charge >= 0.3 is 0 Å². The molecule has 1 rings (SSSR count). The second kappa shape index (κ2) is 5.23. The van der Waals surface area contributed by atoms with Crippen molar-refractivity contribution >= 4 is 27.3 Å². The maximum Gasteiger partial charge on any atom is 0.148 e. The summed E-state index contributed by atoms with van der Waals surface area (Å²) < 4.78 is 21.8. The van der Waals surface area contributed by atoms with Gasteiger partial charge in [0.05, 0.1) is 17.4 Å². The molecule has 0 bridgehead atoms. The molecule has 86 valence electrons. The second-order valence-corrected chi connectivity index (χ2v) is 6.74. The van der Waals surface area contributed by atoms with E-state index in [1.807, 2.05) is 6.07 Å². The van der Waals surface area contributed by atoms with Crippen LogP contribution in [0.3, 0.4) is 0 Å². The molecule has 0 radical (unpaired) electrons. The molecule has 0 spiro atoms. The van der Waals surface area contributed by atoms with Crippen LogP contribution in [0, 0.1) is 11.3 Å². The van der Waals surface area contributed by atoms with Gasteiger partial charge in [-0.15, -0.1) is 11.8 Å². The number of rotatable bonds is 4. The van der Waals surface area contributed by atoms with Gasteiger partial charge in [-0.1, -0.05) is 0 Å². The van der Waals surface area contributed by atoms with Crippen molar-refractivity contribution in [3.8, 4) is 6.07 Å². The normalized spacial score (nSPS) is 11.0. The summed E-state index contributed by atoms with van der Waals surface area (Å²) in [6.07, 6.45) is 1.20. The fraction of sp³-hybridized carbons (Fsp3) is 0.300. The van der Waals surface area contributed by atoms with Crippen LogP contribution in [0.5, 0.6) is 0 Å². The van der Waals surface area contributed by atoms with E-state index in [0.717, 1.165) is 4.90 Å². The fourth-order valence-electron chi connectivity index (χ4n) is 1.05. The van der Waals surface area contributed by atoms with Crippen LogP contribution in [0.15, 0.2) is 23.1 Å². The molecule has 0 aliphatic rings. The van der Waals surface area contributed by atoms with Gasteiger partial charge in [-0.3, -0.25) is 0 Å². The number of sulfone groups is 1. The molecule has 6 heteroatoms. The predicted octanol–water partition coefficient (Wildman–Crippen LogP) is 1.28. The number of anilines is 1. The highest BCUT2D eigenvalue weighted by molar-refractivity contribution is 8.00. The number of nitrogen functional groups attached to an aromatic ring is 1. The third kappa shape index (κ3) is 4.13. The molecular weight excluding hydrogens is 244 g/mol. The minimum atomic E-state index is -2.93. The van der Waals surface area contributed by atoms with E-state index in [2.05, 4.69) is 0 Å². The highest BCUT2D eigenvalue weighted by atomic mass is 32.2. The maximum absolute atomic E-state index is 10.9. The Balaban J connectivity index is 2.66. The Kier molecular flexibility index (Phi) is 4.21. The number of hydrogen-bond acceptors (Lipinski definition) is 5. The molecule has 1 aromatic carbocycles. The Labute approximate surface area is 99.4 Å². The highest BCUT2D eigenvalue weighted by Gasteiger charge is 2.05. The average Bonchev–Trinajstić information content (AvgIpc) is 2.18. The van der Waals surface area contributed by atoms with Gasteiger partial charge in [0.15, 0.2) is 0 Å². The molecule has 0 heterocycles. The fourth-order valence-corrected chi connectivity index (χ4v) is 3.21. The van der Waals surface area contributed by atoms with E-state index in [1.165, 1.54) is 18.0 Å². The van der Waals surface area contributed by atoms with Crippen molar-refractivity contribution in [1.29, 1.82) is 5.26 Å². The van der Waals surface area contributed by atoms with Gasteiger partial charge in [-0.2, -0.15) is 5.26 Å². The number of nitriles is 1. The minimum Gasteiger partial charge on any atom is -0.398 e. The van der Waals surface area contributed by atoms with Gasteiger partial charge in [0.1, 0.15) is 9.84 Å². The monoisotopic (exact) mass is 256 g/mol. The van der Waals surface area contributed by atoms with Gasteiger partial charge < -0.3 is 5.73 Å². The van der Waals surface area contributed by atoms with Gasteiger partial charge in [-0.05, 0) is 18.2 Å². The Morgan fingerprint density at radius 3 is 2.69 bits per heavy atom. The van der Waals surface area contributed by atoms with E-state index in [0.29, 0.717) is 17.0 Å². The molecule has 0 aliphatic carbocycles. The number of nitrogens with two attached hydrogens (primary N) is 1. The van der Waals surface area contributed by atoms with Gasteiger partial charge in [0, 0.05) is 22.6 Å². The molecule has 0 aromatic heterocycles. The summed E-state index contributed by atoms with van der Waals surface area (Å²) in [5.74, 6) is 0.589. The lowest BCUT2D eigenvalue weighted by atomic mass is 10.2. The first-order chi connectivity index (χ1) is 7.42. The van der Waals surface area contributed by atoms with Crippen molar-refractivity contribution in [3.05, 3.63) is 23.8 Å². The summed E-state index contributed by atoms with van der Waals surface area (Å²) in [5, 5.41) is 8.64. The first-order valence-electron chi connectivity index (χ1n) is 4.52. The predicted molar refractivity (Wildman–Crippen MR) is 66.0 cm³/mol. The van der Waals surface area contributed by atoms with Crippen LogP contribution >= 0.6 is 11.8 Å². The first kappa shape index (κ1) is 12.9. The molecule has 0 saturated carbocycles. The maximum atomic E-state index is 10.9. The van der Waals surface area contributed by atoms with Gasteiger partial charge in [0.25, 0.3) is 0 Å². The van der Waals surface area contributed by atoms with Crippen molar-refractivity contribution in [2.45, 2.75) is 4.90 Å². The summed E-state index contributed by atoms with van der Waals surface area (Å²) in [4.78, 5) is 0.808. The zero-order valence-corrected chi connectivity index (χ0v) is 10.4. The Hall–Kier alpha value is -1.19. The van der Waals surface area contributed by atoms with Crippen LogP contribution in [0.2, 0.25) is 0 Å². The molecular formula is C10H12N2O2S2. The molecule has 4 nitrogen and oxygen atoms in total. The van der Waals surface area contributed by atoms with Crippen molar-refractivity contribution < 1.29 is 8.42 Å². The first-order valence-corrected chi connectivity index (χ1v) is 7.57. The molecule has 0 unspecified atom stereocenters. The van der Waals surface area contributed by atoms with Crippen LogP contribution < -0.4 is 5.73 Å². The average molecular weight is 256 g/mol. The molecule has 1 aromatic rings. The smallest absolute Gasteiger partial charge is 0.148 e. The van der Waals surface area contributed by atoms with Crippen molar-refractivity contribution in [2.75, 3.05) is 23.5 Å². The lowest BCUT2D eigenvalue weighted by Crippen LogP contribution is -2.05. The standard InChI is InChI=1S/C10H12N2O2S2/c1-16(13,14)5-4-15-10-3-2-8(7-11)6-9(10)12/h2-3,6H,4-5,12H2,1H3. The van der Waals surface area contributed by atoms with Crippen LogP contribution in [-0.2, 0) is 9.84 Å². The molecule has 0 amide bonds. The molecule has 0 saturated heterocycles. The van der Waals surface area contributed by atoms with Gasteiger partial charge in [-0.25, -0.2) is 8.42 Å². The van der Waals surface area contributed by atoms with E-state index < -0.39 is 9.84 Å². The highest BCUT2D eigenvalue weighted by Crippen LogP contribution is 2.25. The van der Waals surface area contributed by atoms with Crippen molar-refractivity contribution in [1.82, 2.24) is 0 Å². The largest absolute Gasteiger partial charge is 0.398 e. The van der Waals surface area contributed by atoms with E-state index in [1.54, 1.807) is 18.2 Å². The van der Waals surface area contributed by atoms with Crippen LogP contribution in [0.25, 0.3) is 0 Å². The topological polar surface area (TPSA) is 84.0 Å². The SMILES string of the molecule is CS(=O)(=O)CCSc1ccc(C#N)cc1N. The van der Waals surface area contributed by atoms with Crippen molar-refractivity contribution in [2.24, 2.45) is 0 Å². The number of hydrogen-bond donors (Lipinski definition) is 1.